The maximum Gasteiger partial charge on any atom is 0.0876 e. The summed E-state index contributed by atoms with van der Waals surface area (Å²) in [7, 11) is 0. The van der Waals surface area contributed by atoms with Crippen LogP contribution in [-0.2, 0) is 9.47 Å². The topological polar surface area (TPSA) is 38.7 Å². The summed E-state index contributed by atoms with van der Waals surface area (Å²) in [6, 6.07) is 0. The molecule has 3 nitrogen and oxygen atoms in total. The van der Waals surface area contributed by atoms with Crippen molar-refractivity contribution < 1.29 is 14.6 Å². The minimum atomic E-state index is -0.186. The molecule has 2 aliphatic heterocycles. The number of hydrogen-bond donors (Lipinski definition) is 1. The molecule has 1 fully saturated rings. The van der Waals surface area contributed by atoms with Crippen LogP contribution in [0.4, 0.5) is 0 Å². The van der Waals surface area contributed by atoms with Crippen LogP contribution < -0.4 is 0 Å². The Morgan fingerprint density at radius 2 is 2.15 bits per heavy atom. The fourth-order valence-electron chi connectivity index (χ4n) is 1.21. The van der Waals surface area contributed by atoms with Crippen molar-refractivity contribution in [2.75, 3.05) is 19.8 Å². The van der Waals surface area contributed by atoms with Crippen molar-refractivity contribution in [3.63, 3.8) is 0 Å². The summed E-state index contributed by atoms with van der Waals surface area (Å²) in [5.74, 6) is 0. The van der Waals surface area contributed by atoms with Crippen LogP contribution in [0, 0.1) is 0 Å². The Balaban J connectivity index is 0.000000132. The first-order valence-corrected chi connectivity index (χ1v) is 4.92. The fraction of sp³-hybridized carbons (Fsp3) is 0.800. The molecule has 0 amide bonds. The number of aliphatic hydroxyl groups excluding tert-OH is 1. The van der Waals surface area contributed by atoms with Crippen molar-refractivity contribution in [1.29, 1.82) is 0 Å². The lowest BCUT2D eigenvalue weighted by Crippen LogP contribution is -2.21. The lowest BCUT2D eigenvalue weighted by atomic mass is 10.2. The van der Waals surface area contributed by atoms with Crippen LogP contribution in [-0.4, -0.2) is 31.0 Å². The van der Waals surface area contributed by atoms with Crippen molar-refractivity contribution in [1.82, 2.24) is 0 Å². The Morgan fingerprint density at radius 3 is 2.38 bits per heavy atom. The molecule has 3 heteroatoms. The van der Waals surface area contributed by atoms with E-state index in [1.807, 2.05) is 6.08 Å². The number of allylic oxidation sites excluding steroid dienone is 1. The van der Waals surface area contributed by atoms with E-state index in [-0.39, 0.29) is 6.10 Å². The third-order valence-electron chi connectivity index (χ3n) is 1.96. The van der Waals surface area contributed by atoms with E-state index in [4.69, 9.17) is 14.6 Å². The van der Waals surface area contributed by atoms with Crippen LogP contribution in [0.15, 0.2) is 12.3 Å². The van der Waals surface area contributed by atoms with Crippen LogP contribution >= 0.6 is 0 Å². The highest BCUT2D eigenvalue weighted by Gasteiger charge is 2.07. The molecule has 0 aromatic rings. The number of ether oxygens (including phenoxy) is 2. The molecule has 0 aliphatic carbocycles. The van der Waals surface area contributed by atoms with E-state index in [1.54, 1.807) is 6.26 Å². The van der Waals surface area contributed by atoms with Crippen molar-refractivity contribution >= 4 is 0 Å². The standard InChI is InChI=1S/C5H10O2.C5H8O/c6-5-2-1-3-7-4-5;1-2-4-6-5-3-1/h5-6H,1-4H2;2,4H,1,3,5H2. The van der Waals surface area contributed by atoms with E-state index < -0.39 is 0 Å². The zero-order chi connectivity index (χ0) is 9.36. The molecule has 0 aromatic heterocycles. The van der Waals surface area contributed by atoms with Crippen LogP contribution in [0.5, 0.6) is 0 Å². The molecule has 2 aliphatic rings. The molecule has 0 bridgehead atoms. The van der Waals surface area contributed by atoms with Gasteiger partial charge in [-0.1, -0.05) is 0 Å². The number of hydrogen-bond acceptors (Lipinski definition) is 3. The highest BCUT2D eigenvalue weighted by molar-refractivity contribution is 4.76. The zero-order valence-electron chi connectivity index (χ0n) is 7.95. The van der Waals surface area contributed by atoms with Crippen LogP contribution in [0.1, 0.15) is 25.7 Å². The average molecular weight is 186 g/mol. The zero-order valence-corrected chi connectivity index (χ0v) is 7.95. The van der Waals surface area contributed by atoms with Gasteiger partial charge >= 0.3 is 0 Å². The summed E-state index contributed by atoms with van der Waals surface area (Å²) in [6.07, 6.45) is 7.94. The van der Waals surface area contributed by atoms with Crippen molar-refractivity contribution in [3.8, 4) is 0 Å². The van der Waals surface area contributed by atoms with Gasteiger partial charge in [0.25, 0.3) is 0 Å². The van der Waals surface area contributed by atoms with Gasteiger partial charge in [-0.15, -0.1) is 0 Å². The summed E-state index contributed by atoms with van der Waals surface area (Å²) in [5, 5.41) is 8.78. The molecule has 76 valence electrons. The highest BCUT2D eigenvalue weighted by atomic mass is 16.5. The third-order valence-corrected chi connectivity index (χ3v) is 1.96. The molecule has 0 radical (unpaired) electrons. The van der Waals surface area contributed by atoms with Gasteiger partial charge in [0.1, 0.15) is 0 Å². The predicted molar refractivity (Wildman–Crippen MR) is 50.4 cm³/mol. The second-order valence-corrected chi connectivity index (χ2v) is 3.26. The van der Waals surface area contributed by atoms with E-state index in [0.29, 0.717) is 6.61 Å². The molecule has 2 rings (SSSR count). The summed E-state index contributed by atoms with van der Waals surface area (Å²) >= 11 is 0. The molecule has 1 unspecified atom stereocenters. The molecule has 1 atom stereocenters. The van der Waals surface area contributed by atoms with E-state index in [9.17, 15) is 0 Å². The van der Waals surface area contributed by atoms with E-state index in [0.717, 1.165) is 26.1 Å². The second-order valence-electron chi connectivity index (χ2n) is 3.26. The monoisotopic (exact) mass is 186 g/mol. The van der Waals surface area contributed by atoms with Gasteiger partial charge in [0.05, 0.1) is 25.6 Å². The molecule has 1 N–H and O–H groups in total. The van der Waals surface area contributed by atoms with Crippen LogP contribution in [0.3, 0.4) is 0 Å². The fourth-order valence-corrected chi connectivity index (χ4v) is 1.21. The van der Waals surface area contributed by atoms with Crippen LogP contribution in [0.2, 0.25) is 0 Å². The van der Waals surface area contributed by atoms with E-state index in [2.05, 4.69) is 0 Å². The highest BCUT2D eigenvalue weighted by Crippen LogP contribution is 2.03. The summed E-state index contributed by atoms with van der Waals surface area (Å²) < 4.78 is 9.82. The Bertz CT molecular complexity index is 131. The number of aliphatic hydroxyl groups is 1. The first-order valence-electron chi connectivity index (χ1n) is 4.92. The SMILES string of the molecule is C1=COCCC1.OC1CCCOC1. The van der Waals surface area contributed by atoms with Gasteiger partial charge in [0.15, 0.2) is 0 Å². The molecule has 0 spiro atoms. The van der Waals surface area contributed by atoms with Gasteiger partial charge in [-0.25, -0.2) is 0 Å². The van der Waals surface area contributed by atoms with Crippen molar-refractivity contribution in [3.05, 3.63) is 12.3 Å². The van der Waals surface area contributed by atoms with Gasteiger partial charge in [0, 0.05) is 6.61 Å². The molecule has 13 heavy (non-hydrogen) atoms. The smallest absolute Gasteiger partial charge is 0.0876 e. The third kappa shape index (κ3) is 5.66. The minimum absolute atomic E-state index is 0.186. The van der Waals surface area contributed by atoms with Gasteiger partial charge < -0.3 is 14.6 Å². The lowest BCUT2D eigenvalue weighted by Gasteiger charge is -2.15. The quantitative estimate of drug-likeness (QED) is 0.622. The largest absolute Gasteiger partial charge is 0.502 e. The van der Waals surface area contributed by atoms with Crippen molar-refractivity contribution in [2.45, 2.75) is 31.8 Å². The Morgan fingerprint density at radius 1 is 1.23 bits per heavy atom. The maximum absolute atomic E-state index is 8.78. The van der Waals surface area contributed by atoms with Crippen molar-refractivity contribution in [2.24, 2.45) is 0 Å². The van der Waals surface area contributed by atoms with Crippen LogP contribution in [0.25, 0.3) is 0 Å². The van der Waals surface area contributed by atoms with Gasteiger partial charge in [-0.2, -0.15) is 0 Å². The Kier molecular flexibility index (Phi) is 5.61. The Hall–Kier alpha value is -0.540. The normalized spacial score (nSPS) is 27.0. The molecule has 0 saturated carbocycles. The molecular weight excluding hydrogens is 168 g/mol. The van der Waals surface area contributed by atoms with E-state index in [1.165, 1.54) is 12.8 Å². The molecule has 2 heterocycles. The number of rotatable bonds is 0. The minimum Gasteiger partial charge on any atom is -0.502 e. The summed E-state index contributed by atoms with van der Waals surface area (Å²) in [5.41, 5.74) is 0. The molecule has 0 aromatic carbocycles. The lowest BCUT2D eigenvalue weighted by molar-refractivity contribution is -0.00535. The summed E-state index contributed by atoms with van der Waals surface area (Å²) in [4.78, 5) is 0. The van der Waals surface area contributed by atoms with Gasteiger partial charge in [0.2, 0.25) is 0 Å². The average Bonchev–Trinajstić information content (AvgIpc) is 2.22. The first kappa shape index (κ1) is 10.5. The summed E-state index contributed by atoms with van der Waals surface area (Å²) in [6.45, 7) is 2.29. The first-order chi connectivity index (χ1) is 6.39. The molecular formula is C10H18O3. The van der Waals surface area contributed by atoms with Gasteiger partial charge in [-0.05, 0) is 31.8 Å². The predicted octanol–water partition coefficient (Wildman–Crippen LogP) is 1.47. The van der Waals surface area contributed by atoms with E-state index >= 15 is 0 Å². The van der Waals surface area contributed by atoms with Gasteiger partial charge in [-0.3, -0.25) is 0 Å². The second kappa shape index (κ2) is 6.92. The molecule has 1 saturated heterocycles. The Labute approximate surface area is 79.3 Å². The maximum atomic E-state index is 8.78.